The second-order valence-corrected chi connectivity index (χ2v) is 9.22. The van der Waals surface area contributed by atoms with Crippen LogP contribution in [0.4, 0.5) is 0 Å². The van der Waals surface area contributed by atoms with E-state index in [2.05, 4.69) is 10.0 Å². The molecule has 0 saturated heterocycles. The fourth-order valence-electron chi connectivity index (χ4n) is 2.59. The molecule has 6 nitrogen and oxygen atoms in total. The van der Waals surface area contributed by atoms with Crippen molar-refractivity contribution in [2.45, 2.75) is 42.5 Å². The smallest absolute Gasteiger partial charge is 0.258 e. The van der Waals surface area contributed by atoms with Crippen LogP contribution in [0.3, 0.4) is 0 Å². The molecule has 1 amide bonds. The molecule has 0 unspecified atom stereocenters. The standard InChI is InChI=1S/C21H28N2O4S2/c1-4-5-14-22-29(25,26)20-12-8-18(9-13-20)27-15-21(24)23-16(2)17-6-10-19(28-3)11-7-17/h6-13,16,22H,4-5,14-15H2,1-3H3,(H,23,24)/t16-/m0/s1. The Morgan fingerprint density at radius 2 is 1.76 bits per heavy atom. The monoisotopic (exact) mass is 436 g/mol. The number of nitrogens with one attached hydrogen (secondary N) is 2. The molecule has 0 aromatic heterocycles. The summed E-state index contributed by atoms with van der Waals surface area (Å²) in [7, 11) is -3.52. The summed E-state index contributed by atoms with van der Waals surface area (Å²) < 4.78 is 32.4. The van der Waals surface area contributed by atoms with Gasteiger partial charge in [-0.1, -0.05) is 25.5 Å². The van der Waals surface area contributed by atoms with Crippen LogP contribution in [-0.4, -0.2) is 33.7 Å². The molecule has 0 bridgehead atoms. The summed E-state index contributed by atoms with van der Waals surface area (Å²) in [5.74, 6) is 0.189. The summed E-state index contributed by atoms with van der Waals surface area (Å²) >= 11 is 1.67. The molecular weight excluding hydrogens is 408 g/mol. The number of carbonyl (C=O) groups excluding carboxylic acids is 1. The second kappa shape index (κ2) is 11.2. The Hall–Kier alpha value is -2.03. The first-order chi connectivity index (χ1) is 13.9. The molecule has 0 aliphatic heterocycles. The highest BCUT2D eigenvalue weighted by Crippen LogP contribution is 2.19. The third-order valence-corrected chi connectivity index (χ3v) is 6.54. The quantitative estimate of drug-likeness (QED) is 0.414. The molecule has 0 fully saturated rings. The molecule has 2 aromatic carbocycles. The van der Waals surface area contributed by atoms with Gasteiger partial charge in [-0.3, -0.25) is 4.79 Å². The van der Waals surface area contributed by atoms with E-state index in [1.165, 1.54) is 17.0 Å². The van der Waals surface area contributed by atoms with Gasteiger partial charge in [0, 0.05) is 11.4 Å². The average molecular weight is 437 g/mol. The fourth-order valence-corrected chi connectivity index (χ4v) is 4.07. The van der Waals surface area contributed by atoms with Crippen molar-refractivity contribution in [1.29, 1.82) is 0 Å². The molecule has 0 spiro atoms. The van der Waals surface area contributed by atoms with Gasteiger partial charge in [-0.2, -0.15) is 0 Å². The van der Waals surface area contributed by atoms with Crippen LogP contribution in [0.2, 0.25) is 0 Å². The number of carbonyl (C=O) groups is 1. The minimum Gasteiger partial charge on any atom is -0.484 e. The minimum absolute atomic E-state index is 0.135. The van der Waals surface area contributed by atoms with Crippen molar-refractivity contribution in [1.82, 2.24) is 10.0 Å². The molecule has 29 heavy (non-hydrogen) atoms. The van der Waals surface area contributed by atoms with Gasteiger partial charge in [-0.25, -0.2) is 13.1 Å². The highest BCUT2D eigenvalue weighted by atomic mass is 32.2. The first kappa shape index (κ1) is 23.3. The van der Waals surface area contributed by atoms with Crippen molar-refractivity contribution < 1.29 is 17.9 Å². The Balaban J connectivity index is 1.85. The van der Waals surface area contributed by atoms with Gasteiger partial charge in [0.15, 0.2) is 6.61 Å². The van der Waals surface area contributed by atoms with Crippen LogP contribution < -0.4 is 14.8 Å². The highest BCUT2D eigenvalue weighted by molar-refractivity contribution is 7.98. The van der Waals surface area contributed by atoms with Gasteiger partial charge in [0.2, 0.25) is 10.0 Å². The number of rotatable bonds is 11. The van der Waals surface area contributed by atoms with E-state index in [1.807, 2.05) is 44.4 Å². The Morgan fingerprint density at radius 1 is 1.10 bits per heavy atom. The normalized spacial score (nSPS) is 12.4. The van der Waals surface area contributed by atoms with Gasteiger partial charge < -0.3 is 10.1 Å². The lowest BCUT2D eigenvalue weighted by molar-refractivity contribution is -0.123. The number of ether oxygens (including phenoxy) is 1. The van der Waals surface area contributed by atoms with Crippen LogP contribution in [0, 0.1) is 0 Å². The zero-order valence-electron chi connectivity index (χ0n) is 17.0. The molecule has 0 aliphatic carbocycles. The van der Waals surface area contributed by atoms with Crippen molar-refractivity contribution in [2.75, 3.05) is 19.4 Å². The second-order valence-electron chi connectivity index (χ2n) is 6.57. The van der Waals surface area contributed by atoms with Crippen molar-refractivity contribution in [2.24, 2.45) is 0 Å². The van der Waals surface area contributed by atoms with E-state index in [-0.39, 0.29) is 23.5 Å². The molecule has 0 radical (unpaired) electrons. The van der Waals surface area contributed by atoms with E-state index >= 15 is 0 Å². The Labute approximate surface area is 177 Å². The van der Waals surface area contributed by atoms with Crippen LogP contribution in [0.1, 0.15) is 38.3 Å². The third-order valence-electron chi connectivity index (χ3n) is 4.32. The SMILES string of the molecule is CCCCNS(=O)(=O)c1ccc(OCC(=O)N[C@@H](C)c2ccc(SC)cc2)cc1. The van der Waals surface area contributed by atoms with Gasteiger partial charge >= 0.3 is 0 Å². The zero-order valence-corrected chi connectivity index (χ0v) is 18.6. The molecular formula is C21H28N2O4S2. The predicted octanol–water partition coefficient (Wildman–Crippen LogP) is 3.74. The summed E-state index contributed by atoms with van der Waals surface area (Å²) in [4.78, 5) is 13.5. The van der Waals surface area contributed by atoms with Gasteiger partial charge in [0.05, 0.1) is 10.9 Å². The van der Waals surface area contributed by atoms with Gasteiger partial charge in [0.1, 0.15) is 5.75 Å². The molecule has 1 atom stereocenters. The van der Waals surface area contributed by atoms with E-state index in [0.717, 1.165) is 18.4 Å². The lowest BCUT2D eigenvalue weighted by atomic mass is 10.1. The maximum atomic E-state index is 12.2. The van der Waals surface area contributed by atoms with E-state index in [0.29, 0.717) is 12.3 Å². The number of thioether (sulfide) groups is 1. The summed E-state index contributed by atoms with van der Waals surface area (Å²) in [6, 6.07) is 13.9. The number of hydrogen-bond donors (Lipinski definition) is 2. The third kappa shape index (κ3) is 7.38. The minimum atomic E-state index is -3.52. The molecule has 2 aromatic rings. The molecule has 0 saturated carbocycles. The summed E-state index contributed by atoms with van der Waals surface area (Å²) in [6.45, 7) is 4.18. The van der Waals surface area contributed by atoms with Crippen molar-refractivity contribution >= 4 is 27.7 Å². The Morgan fingerprint density at radius 3 is 2.34 bits per heavy atom. The molecule has 2 N–H and O–H groups in total. The summed E-state index contributed by atoms with van der Waals surface area (Å²) in [5.41, 5.74) is 1.02. The highest BCUT2D eigenvalue weighted by Gasteiger charge is 2.14. The average Bonchev–Trinajstić information content (AvgIpc) is 2.72. The van der Waals surface area contributed by atoms with E-state index < -0.39 is 10.0 Å². The number of unbranched alkanes of at least 4 members (excludes halogenated alkanes) is 1. The molecule has 158 valence electrons. The first-order valence-corrected chi connectivity index (χ1v) is 12.2. The number of benzene rings is 2. The van der Waals surface area contributed by atoms with Crippen molar-refractivity contribution in [3.63, 3.8) is 0 Å². The largest absolute Gasteiger partial charge is 0.484 e. The molecule has 8 heteroatoms. The van der Waals surface area contributed by atoms with Gasteiger partial charge in [-0.05, 0) is 61.6 Å². The van der Waals surface area contributed by atoms with Crippen LogP contribution in [-0.2, 0) is 14.8 Å². The maximum absolute atomic E-state index is 12.2. The van der Waals surface area contributed by atoms with Crippen LogP contribution >= 0.6 is 11.8 Å². The lowest BCUT2D eigenvalue weighted by Gasteiger charge is -2.15. The number of hydrogen-bond acceptors (Lipinski definition) is 5. The topological polar surface area (TPSA) is 84.5 Å². The van der Waals surface area contributed by atoms with E-state index in [1.54, 1.807) is 23.9 Å². The van der Waals surface area contributed by atoms with Crippen molar-refractivity contribution in [3.05, 3.63) is 54.1 Å². The van der Waals surface area contributed by atoms with Crippen LogP contribution in [0.15, 0.2) is 58.3 Å². The Kier molecular flexibility index (Phi) is 9.00. The summed E-state index contributed by atoms with van der Waals surface area (Å²) in [6.07, 6.45) is 3.72. The summed E-state index contributed by atoms with van der Waals surface area (Å²) in [5, 5.41) is 2.89. The van der Waals surface area contributed by atoms with Crippen LogP contribution in [0.5, 0.6) is 5.75 Å². The van der Waals surface area contributed by atoms with Gasteiger partial charge in [-0.15, -0.1) is 11.8 Å². The lowest BCUT2D eigenvalue weighted by Crippen LogP contribution is -2.31. The maximum Gasteiger partial charge on any atom is 0.258 e. The first-order valence-electron chi connectivity index (χ1n) is 9.51. The van der Waals surface area contributed by atoms with Crippen LogP contribution in [0.25, 0.3) is 0 Å². The van der Waals surface area contributed by atoms with Gasteiger partial charge in [0.25, 0.3) is 5.91 Å². The molecule has 0 aliphatic rings. The fraction of sp³-hybridized carbons (Fsp3) is 0.381. The predicted molar refractivity (Wildman–Crippen MR) is 117 cm³/mol. The number of sulfonamides is 1. The van der Waals surface area contributed by atoms with E-state index in [4.69, 9.17) is 4.74 Å². The van der Waals surface area contributed by atoms with Crippen molar-refractivity contribution in [3.8, 4) is 5.75 Å². The van der Waals surface area contributed by atoms with E-state index in [9.17, 15) is 13.2 Å². The number of amides is 1. The molecule has 2 rings (SSSR count). The Bertz CT molecular complexity index is 882. The zero-order chi connectivity index (χ0) is 21.3. The molecule has 0 heterocycles.